The van der Waals surface area contributed by atoms with E-state index in [0.717, 1.165) is 6.20 Å². The predicted octanol–water partition coefficient (Wildman–Crippen LogP) is 2.73. The van der Waals surface area contributed by atoms with Gasteiger partial charge in [0.1, 0.15) is 11.6 Å². The SMILES string of the molecule is CCn1nccc1N/C=C1\C(=O)c2ccccc2OC1(O)C(F)(F)F. The molecular formula is C16H14F3N3O3. The number of fused-ring (bicyclic) bond motifs is 1. The van der Waals surface area contributed by atoms with Crippen LogP contribution in [0.1, 0.15) is 17.3 Å². The van der Waals surface area contributed by atoms with E-state index in [1.165, 1.54) is 41.2 Å². The molecule has 1 atom stereocenters. The summed E-state index contributed by atoms with van der Waals surface area (Å²) in [5.41, 5.74) is -1.02. The topological polar surface area (TPSA) is 76.4 Å². The quantitative estimate of drug-likeness (QED) is 0.830. The van der Waals surface area contributed by atoms with Crippen LogP contribution >= 0.6 is 0 Å². The smallest absolute Gasteiger partial charge is 0.449 e. The van der Waals surface area contributed by atoms with Crippen LogP contribution < -0.4 is 10.1 Å². The van der Waals surface area contributed by atoms with Gasteiger partial charge in [-0.15, -0.1) is 0 Å². The molecule has 25 heavy (non-hydrogen) atoms. The molecule has 1 aromatic carbocycles. The summed E-state index contributed by atoms with van der Waals surface area (Å²) >= 11 is 0. The summed E-state index contributed by atoms with van der Waals surface area (Å²) in [5.74, 6) is -4.69. The summed E-state index contributed by atoms with van der Waals surface area (Å²) in [4.78, 5) is 12.5. The van der Waals surface area contributed by atoms with Gasteiger partial charge < -0.3 is 15.2 Å². The van der Waals surface area contributed by atoms with Crippen LogP contribution in [0.25, 0.3) is 0 Å². The van der Waals surface area contributed by atoms with Crippen LogP contribution in [0.3, 0.4) is 0 Å². The van der Waals surface area contributed by atoms with Crippen LogP contribution in [0.15, 0.2) is 48.3 Å². The minimum Gasteiger partial charge on any atom is -0.449 e. The highest BCUT2D eigenvalue weighted by Crippen LogP contribution is 2.44. The molecule has 0 radical (unpaired) electrons. The van der Waals surface area contributed by atoms with E-state index in [9.17, 15) is 23.1 Å². The van der Waals surface area contributed by atoms with Crippen molar-refractivity contribution in [2.75, 3.05) is 5.32 Å². The molecule has 0 saturated heterocycles. The van der Waals surface area contributed by atoms with Gasteiger partial charge in [-0.1, -0.05) is 12.1 Å². The highest BCUT2D eigenvalue weighted by Gasteiger charge is 2.63. The van der Waals surface area contributed by atoms with Crippen LogP contribution in [-0.2, 0) is 6.54 Å². The summed E-state index contributed by atoms with van der Waals surface area (Å²) in [7, 11) is 0. The minimum absolute atomic E-state index is 0.0616. The van der Waals surface area contributed by atoms with E-state index in [0.29, 0.717) is 12.4 Å². The Morgan fingerprint density at radius 2 is 2.08 bits per heavy atom. The van der Waals surface area contributed by atoms with Gasteiger partial charge in [-0.05, 0) is 19.1 Å². The van der Waals surface area contributed by atoms with Gasteiger partial charge in [-0.25, -0.2) is 4.68 Å². The second-order valence-corrected chi connectivity index (χ2v) is 5.30. The van der Waals surface area contributed by atoms with E-state index in [2.05, 4.69) is 10.4 Å². The average molecular weight is 353 g/mol. The fourth-order valence-electron chi connectivity index (χ4n) is 2.48. The lowest BCUT2D eigenvalue weighted by Crippen LogP contribution is -2.56. The number of halogens is 3. The van der Waals surface area contributed by atoms with Crippen LogP contribution in [0.2, 0.25) is 0 Å². The van der Waals surface area contributed by atoms with Crippen molar-refractivity contribution < 1.29 is 27.8 Å². The fourth-order valence-corrected chi connectivity index (χ4v) is 2.48. The number of aryl methyl sites for hydroxylation is 1. The number of benzene rings is 1. The Bertz CT molecular complexity index is 844. The highest BCUT2D eigenvalue weighted by molar-refractivity contribution is 6.12. The highest BCUT2D eigenvalue weighted by atomic mass is 19.4. The number of aliphatic hydroxyl groups is 1. The number of para-hydroxylation sites is 1. The van der Waals surface area contributed by atoms with Gasteiger partial charge >= 0.3 is 12.0 Å². The summed E-state index contributed by atoms with van der Waals surface area (Å²) < 4.78 is 46.6. The number of aromatic nitrogens is 2. The maximum atomic E-state index is 13.4. The number of anilines is 1. The Hall–Kier alpha value is -2.81. The van der Waals surface area contributed by atoms with Crippen LogP contribution in [0.5, 0.6) is 5.75 Å². The van der Waals surface area contributed by atoms with Gasteiger partial charge in [-0.2, -0.15) is 18.3 Å². The van der Waals surface area contributed by atoms with Gasteiger partial charge in [0, 0.05) is 18.8 Å². The molecule has 0 spiro atoms. The van der Waals surface area contributed by atoms with Crippen molar-refractivity contribution in [2.45, 2.75) is 25.4 Å². The number of rotatable bonds is 3. The fraction of sp³-hybridized carbons (Fsp3) is 0.250. The Labute approximate surface area is 140 Å². The molecule has 2 heterocycles. The number of hydrogen-bond acceptors (Lipinski definition) is 5. The molecule has 0 bridgehead atoms. The van der Waals surface area contributed by atoms with E-state index in [-0.39, 0.29) is 11.3 Å². The first kappa shape index (κ1) is 17.0. The molecule has 3 rings (SSSR count). The summed E-state index contributed by atoms with van der Waals surface area (Å²) in [6.45, 7) is 2.26. The van der Waals surface area contributed by atoms with Crippen LogP contribution in [0.4, 0.5) is 19.0 Å². The number of hydrogen-bond donors (Lipinski definition) is 2. The van der Waals surface area contributed by atoms with Gasteiger partial charge in [-0.3, -0.25) is 4.79 Å². The lowest BCUT2D eigenvalue weighted by Gasteiger charge is -2.36. The van der Waals surface area contributed by atoms with Gasteiger partial charge in [0.25, 0.3) is 0 Å². The Morgan fingerprint density at radius 1 is 1.36 bits per heavy atom. The molecule has 0 fully saturated rings. The first-order valence-corrected chi connectivity index (χ1v) is 7.38. The number of nitrogens with one attached hydrogen (secondary N) is 1. The first-order chi connectivity index (χ1) is 11.8. The number of ketones is 1. The number of ether oxygens (including phenoxy) is 1. The maximum Gasteiger partial charge on any atom is 0.460 e. The molecule has 1 aliphatic heterocycles. The second-order valence-electron chi connectivity index (χ2n) is 5.30. The van der Waals surface area contributed by atoms with Crippen molar-refractivity contribution in [1.82, 2.24) is 9.78 Å². The number of Topliss-reactive ketones (excluding diaryl/α,β-unsaturated/α-hetero) is 1. The van der Waals surface area contributed by atoms with Crippen molar-refractivity contribution in [3.63, 3.8) is 0 Å². The zero-order valence-electron chi connectivity index (χ0n) is 13.0. The molecular weight excluding hydrogens is 339 g/mol. The molecule has 1 unspecified atom stereocenters. The van der Waals surface area contributed by atoms with Crippen molar-refractivity contribution >= 4 is 11.6 Å². The van der Waals surface area contributed by atoms with Crippen molar-refractivity contribution in [3.8, 4) is 5.75 Å². The summed E-state index contributed by atoms with van der Waals surface area (Å²) in [6.07, 6.45) is -2.96. The summed E-state index contributed by atoms with van der Waals surface area (Å²) in [6, 6.07) is 6.96. The Balaban J connectivity index is 2.07. The summed E-state index contributed by atoms with van der Waals surface area (Å²) in [5, 5.41) is 16.7. The monoisotopic (exact) mass is 353 g/mol. The molecule has 132 valence electrons. The standard InChI is InChI=1S/C16H14F3N3O3/c1-2-22-13(7-8-21-22)20-9-11-14(23)10-5-3-4-6-12(10)25-15(11,24)16(17,18)19/h3-9,20,24H,2H2,1H3/b11-9+. The van der Waals surface area contributed by atoms with E-state index in [1.807, 2.05) is 0 Å². The van der Waals surface area contributed by atoms with E-state index in [4.69, 9.17) is 4.74 Å². The Morgan fingerprint density at radius 3 is 2.76 bits per heavy atom. The Kier molecular flexibility index (Phi) is 4.03. The predicted molar refractivity (Wildman–Crippen MR) is 82.0 cm³/mol. The third-order valence-electron chi connectivity index (χ3n) is 3.76. The van der Waals surface area contributed by atoms with Gasteiger partial charge in [0.2, 0.25) is 5.78 Å². The molecule has 1 aromatic heterocycles. The van der Waals surface area contributed by atoms with Crippen molar-refractivity contribution in [1.29, 1.82) is 0 Å². The van der Waals surface area contributed by atoms with Gasteiger partial charge in [0.15, 0.2) is 0 Å². The number of nitrogens with zero attached hydrogens (tertiary/aromatic N) is 2. The largest absolute Gasteiger partial charge is 0.460 e. The van der Waals surface area contributed by atoms with Crippen LogP contribution in [-0.4, -0.2) is 32.6 Å². The minimum atomic E-state index is -5.21. The van der Waals surface area contributed by atoms with Crippen LogP contribution in [0, 0.1) is 0 Å². The van der Waals surface area contributed by atoms with Crippen molar-refractivity contribution in [2.24, 2.45) is 0 Å². The zero-order valence-corrected chi connectivity index (χ0v) is 13.0. The molecule has 1 aliphatic rings. The van der Waals surface area contributed by atoms with E-state index < -0.39 is 23.3 Å². The molecule has 0 saturated carbocycles. The van der Waals surface area contributed by atoms with E-state index >= 15 is 0 Å². The molecule has 0 aliphatic carbocycles. The second kappa shape index (κ2) is 5.92. The average Bonchev–Trinajstić information content (AvgIpc) is 3.01. The normalized spacial score (nSPS) is 21.8. The first-order valence-electron chi connectivity index (χ1n) is 7.38. The lowest BCUT2D eigenvalue weighted by atomic mass is 9.92. The third-order valence-corrected chi connectivity index (χ3v) is 3.76. The third kappa shape index (κ3) is 2.76. The van der Waals surface area contributed by atoms with Crippen molar-refractivity contribution in [3.05, 3.63) is 53.9 Å². The molecule has 9 heteroatoms. The number of alkyl halides is 3. The molecule has 2 N–H and O–H groups in total. The zero-order chi connectivity index (χ0) is 18.2. The van der Waals surface area contributed by atoms with E-state index in [1.54, 1.807) is 6.92 Å². The number of carbonyl (C=O) groups excluding carboxylic acids is 1. The molecule has 2 aromatic rings. The molecule has 6 nitrogen and oxygen atoms in total. The maximum absolute atomic E-state index is 13.4. The molecule has 0 amide bonds. The van der Waals surface area contributed by atoms with Gasteiger partial charge in [0.05, 0.1) is 17.3 Å². The number of carbonyl (C=O) groups is 1. The lowest BCUT2D eigenvalue weighted by molar-refractivity contribution is -0.315.